The highest BCUT2D eigenvalue weighted by molar-refractivity contribution is 5.78. The van der Waals surface area contributed by atoms with E-state index in [9.17, 15) is 9.59 Å². The maximum atomic E-state index is 11.1. The van der Waals surface area contributed by atoms with E-state index in [0.717, 1.165) is 0 Å². The summed E-state index contributed by atoms with van der Waals surface area (Å²) >= 11 is 0. The molecule has 0 saturated heterocycles. The Bertz CT molecular complexity index is 434. The smallest absolute Gasteiger partial charge is 0.323 e. The number of methoxy groups -OCH3 is 1. The number of esters is 1. The molecule has 0 radical (unpaired) electrons. The summed E-state index contributed by atoms with van der Waals surface area (Å²) in [6.07, 6.45) is 0.109. The number of rotatable bonds is 6. The van der Waals surface area contributed by atoms with E-state index in [1.807, 2.05) is 0 Å². The van der Waals surface area contributed by atoms with Crippen molar-refractivity contribution in [2.24, 2.45) is 0 Å². The average Bonchev–Trinajstić information content (AvgIpc) is 2.34. The summed E-state index contributed by atoms with van der Waals surface area (Å²) in [5.74, 6) is -1.37. The van der Waals surface area contributed by atoms with Crippen molar-refractivity contribution in [2.75, 3.05) is 30.8 Å². The molecule has 18 heavy (non-hydrogen) atoms. The highest BCUT2D eigenvalue weighted by Crippen LogP contribution is 2.22. The zero-order valence-electron chi connectivity index (χ0n) is 10.1. The largest absolute Gasteiger partial charge is 0.480 e. The van der Waals surface area contributed by atoms with E-state index < -0.39 is 5.97 Å². The number of nitrogens with zero attached hydrogens (tertiary/aromatic N) is 1. The van der Waals surface area contributed by atoms with Crippen LogP contribution in [0.2, 0.25) is 0 Å². The van der Waals surface area contributed by atoms with Gasteiger partial charge >= 0.3 is 11.9 Å². The number of carbonyl (C=O) groups excluding carboxylic acids is 1. The zero-order valence-corrected chi connectivity index (χ0v) is 10.1. The van der Waals surface area contributed by atoms with E-state index >= 15 is 0 Å². The molecule has 0 spiro atoms. The maximum absolute atomic E-state index is 11.1. The van der Waals surface area contributed by atoms with Crippen molar-refractivity contribution in [2.45, 2.75) is 6.42 Å². The molecular formula is C12H16N2O4. The van der Waals surface area contributed by atoms with Crippen molar-refractivity contribution < 1.29 is 19.4 Å². The third kappa shape index (κ3) is 3.97. The van der Waals surface area contributed by atoms with Crippen LogP contribution >= 0.6 is 0 Å². The van der Waals surface area contributed by atoms with Crippen LogP contribution in [0.5, 0.6) is 0 Å². The quantitative estimate of drug-likeness (QED) is 0.572. The summed E-state index contributed by atoms with van der Waals surface area (Å²) in [4.78, 5) is 23.4. The molecular weight excluding hydrogens is 236 g/mol. The fourth-order valence-corrected chi connectivity index (χ4v) is 1.55. The van der Waals surface area contributed by atoms with Gasteiger partial charge in [-0.25, -0.2) is 0 Å². The van der Waals surface area contributed by atoms with E-state index in [4.69, 9.17) is 10.8 Å². The Labute approximate surface area is 105 Å². The minimum absolute atomic E-state index is 0.109. The lowest BCUT2D eigenvalue weighted by molar-refractivity contribution is -0.141. The topological polar surface area (TPSA) is 92.9 Å². The maximum Gasteiger partial charge on any atom is 0.323 e. The average molecular weight is 252 g/mol. The molecule has 0 bridgehead atoms. The second-order valence-electron chi connectivity index (χ2n) is 3.70. The van der Waals surface area contributed by atoms with Crippen LogP contribution in [0.3, 0.4) is 0 Å². The van der Waals surface area contributed by atoms with Crippen molar-refractivity contribution in [3.8, 4) is 0 Å². The van der Waals surface area contributed by atoms with Gasteiger partial charge in [0.15, 0.2) is 0 Å². The number of nitrogens with two attached hydrogens (primary N) is 1. The van der Waals surface area contributed by atoms with Crippen LogP contribution < -0.4 is 10.6 Å². The Kier molecular flexibility index (Phi) is 4.98. The Hall–Kier alpha value is -2.24. The van der Waals surface area contributed by atoms with Gasteiger partial charge < -0.3 is 20.5 Å². The predicted molar refractivity (Wildman–Crippen MR) is 67.3 cm³/mol. The van der Waals surface area contributed by atoms with Gasteiger partial charge in [0.1, 0.15) is 6.54 Å². The van der Waals surface area contributed by atoms with E-state index in [1.54, 1.807) is 24.3 Å². The van der Waals surface area contributed by atoms with Crippen LogP contribution in [0.4, 0.5) is 11.4 Å². The molecule has 1 rings (SSSR count). The summed E-state index contributed by atoms with van der Waals surface area (Å²) in [5, 5.41) is 8.86. The third-order valence-electron chi connectivity index (χ3n) is 2.42. The molecule has 0 amide bonds. The first-order valence-corrected chi connectivity index (χ1v) is 5.42. The second-order valence-corrected chi connectivity index (χ2v) is 3.70. The Morgan fingerprint density at radius 2 is 2.06 bits per heavy atom. The molecule has 98 valence electrons. The first-order chi connectivity index (χ1) is 8.54. The minimum Gasteiger partial charge on any atom is -0.480 e. The monoisotopic (exact) mass is 252 g/mol. The molecule has 1 aromatic carbocycles. The molecule has 6 heteroatoms. The molecule has 0 atom stereocenters. The van der Waals surface area contributed by atoms with Gasteiger partial charge in [0.05, 0.1) is 24.9 Å². The molecule has 0 aromatic heterocycles. The molecule has 0 saturated carbocycles. The summed E-state index contributed by atoms with van der Waals surface area (Å²) in [6, 6.07) is 6.93. The highest BCUT2D eigenvalue weighted by atomic mass is 16.5. The second kappa shape index (κ2) is 6.48. The summed E-state index contributed by atoms with van der Waals surface area (Å²) < 4.78 is 4.53. The summed E-state index contributed by atoms with van der Waals surface area (Å²) in [6.45, 7) is 0.0262. The number of hydrogen-bond acceptors (Lipinski definition) is 5. The number of nitrogen functional groups attached to an aromatic ring is 1. The lowest BCUT2D eigenvalue weighted by Gasteiger charge is -2.23. The number of carboxylic acids is 1. The Morgan fingerprint density at radius 1 is 1.39 bits per heavy atom. The SMILES string of the molecule is COC(=O)CCN(CC(=O)O)c1ccccc1N. The van der Waals surface area contributed by atoms with Gasteiger partial charge in [0, 0.05) is 6.54 Å². The molecule has 1 aromatic rings. The van der Waals surface area contributed by atoms with E-state index in [1.165, 1.54) is 12.0 Å². The lowest BCUT2D eigenvalue weighted by atomic mass is 10.2. The van der Waals surface area contributed by atoms with Crippen LogP contribution in [0.15, 0.2) is 24.3 Å². The van der Waals surface area contributed by atoms with Gasteiger partial charge in [-0.15, -0.1) is 0 Å². The van der Waals surface area contributed by atoms with Crippen LogP contribution in [-0.4, -0.2) is 37.2 Å². The van der Waals surface area contributed by atoms with Crippen LogP contribution in [0.1, 0.15) is 6.42 Å². The number of anilines is 2. The van der Waals surface area contributed by atoms with Crippen LogP contribution in [-0.2, 0) is 14.3 Å². The first kappa shape index (κ1) is 13.8. The van der Waals surface area contributed by atoms with Gasteiger partial charge in [-0.2, -0.15) is 0 Å². The standard InChI is InChI=1S/C12H16N2O4/c1-18-12(17)6-7-14(8-11(15)16)10-5-3-2-4-9(10)13/h2-5H,6-8,13H2,1H3,(H,15,16). The van der Waals surface area contributed by atoms with Gasteiger partial charge in [-0.3, -0.25) is 9.59 Å². The van der Waals surface area contributed by atoms with E-state index in [-0.39, 0.29) is 25.5 Å². The number of ether oxygens (including phenoxy) is 1. The molecule has 6 nitrogen and oxygen atoms in total. The first-order valence-electron chi connectivity index (χ1n) is 5.42. The molecule has 0 aliphatic heterocycles. The van der Waals surface area contributed by atoms with Crippen LogP contribution in [0, 0.1) is 0 Å². The number of benzene rings is 1. The van der Waals surface area contributed by atoms with Gasteiger partial charge in [-0.05, 0) is 12.1 Å². The summed E-state index contributed by atoms with van der Waals surface area (Å²) in [7, 11) is 1.29. The minimum atomic E-state index is -0.983. The van der Waals surface area contributed by atoms with Crippen molar-refractivity contribution in [1.82, 2.24) is 0 Å². The van der Waals surface area contributed by atoms with Gasteiger partial charge in [0.2, 0.25) is 0 Å². The van der Waals surface area contributed by atoms with Crippen molar-refractivity contribution >= 4 is 23.3 Å². The fraction of sp³-hybridized carbons (Fsp3) is 0.333. The number of carboxylic acid groups (broad SMARTS) is 1. The number of para-hydroxylation sites is 2. The number of carbonyl (C=O) groups is 2. The van der Waals surface area contributed by atoms with Crippen LogP contribution in [0.25, 0.3) is 0 Å². The number of hydrogen-bond donors (Lipinski definition) is 2. The number of aliphatic carboxylic acids is 1. The molecule has 0 aliphatic carbocycles. The van der Waals surface area contributed by atoms with Gasteiger partial charge in [-0.1, -0.05) is 12.1 Å². The third-order valence-corrected chi connectivity index (χ3v) is 2.42. The molecule has 0 fully saturated rings. The molecule has 0 heterocycles. The Balaban J connectivity index is 2.81. The van der Waals surface area contributed by atoms with Crippen molar-refractivity contribution in [3.05, 3.63) is 24.3 Å². The Morgan fingerprint density at radius 3 is 2.61 bits per heavy atom. The van der Waals surface area contributed by atoms with E-state index in [0.29, 0.717) is 11.4 Å². The molecule has 0 unspecified atom stereocenters. The zero-order chi connectivity index (χ0) is 13.5. The van der Waals surface area contributed by atoms with Crippen molar-refractivity contribution in [1.29, 1.82) is 0 Å². The molecule has 3 N–H and O–H groups in total. The summed E-state index contributed by atoms with van der Waals surface area (Å²) in [5.41, 5.74) is 6.86. The predicted octanol–water partition coefficient (Wildman–Crippen LogP) is 0.723. The van der Waals surface area contributed by atoms with E-state index in [2.05, 4.69) is 4.74 Å². The fourth-order valence-electron chi connectivity index (χ4n) is 1.55. The van der Waals surface area contributed by atoms with Gasteiger partial charge in [0.25, 0.3) is 0 Å². The lowest BCUT2D eigenvalue weighted by Crippen LogP contribution is -2.32. The normalized spacial score (nSPS) is 9.83. The molecule has 0 aliphatic rings. The van der Waals surface area contributed by atoms with Crippen molar-refractivity contribution in [3.63, 3.8) is 0 Å². The highest BCUT2D eigenvalue weighted by Gasteiger charge is 2.14.